The van der Waals surface area contributed by atoms with Crippen LogP contribution in [0.1, 0.15) is 12.8 Å². The first-order chi connectivity index (χ1) is 7.75. The molecule has 0 amide bonds. The topological polar surface area (TPSA) is 47.6 Å². The third-order valence-corrected chi connectivity index (χ3v) is 2.14. The molecular formula is C12H14N2O2. The minimum absolute atomic E-state index is 0.723. The summed E-state index contributed by atoms with van der Waals surface area (Å²) in [7, 11) is 0. The molecule has 0 unspecified atom stereocenters. The molecule has 0 saturated heterocycles. The van der Waals surface area contributed by atoms with Gasteiger partial charge in [-0.2, -0.15) is 0 Å². The number of hydrogen-bond acceptors (Lipinski definition) is 4. The third-order valence-electron chi connectivity index (χ3n) is 2.14. The zero-order valence-corrected chi connectivity index (χ0v) is 9.43. The first-order valence-electron chi connectivity index (χ1n) is 5.22. The second kappa shape index (κ2) is 4.79. The van der Waals surface area contributed by atoms with Gasteiger partial charge in [-0.25, -0.2) is 4.98 Å². The predicted molar refractivity (Wildman–Crippen MR) is 62.7 cm³/mol. The Balaban J connectivity index is 0.000000138. The molecule has 0 aliphatic carbocycles. The molecule has 4 heteroatoms. The molecule has 0 bridgehead atoms. The average Bonchev–Trinajstić information content (AvgIpc) is 2.86. The number of fused-ring (bicyclic) bond motifs is 1. The van der Waals surface area contributed by atoms with Gasteiger partial charge in [-0.15, -0.1) is 0 Å². The zero-order chi connectivity index (χ0) is 11.4. The van der Waals surface area contributed by atoms with Crippen molar-refractivity contribution in [3.05, 3.63) is 30.2 Å². The van der Waals surface area contributed by atoms with Crippen LogP contribution in [0.3, 0.4) is 0 Å². The summed E-state index contributed by atoms with van der Waals surface area (Å²) in [6.07, 6.45) is 0. The van der Waals surface area contributed by atoms with E-state index in [0.29, 0.717) is 0 Å². The second-order valence-corrected chi connectivity index (χ2v) is 3.45. The molecular weight excluding hydrogens is 204 g/mol. The van der Waals surface area contributed by atoms with Crippen molar-refractivity contribution in [2.45, 2.75) is 13.8 Å². The first-order valence-corrected chi connectivity index (χ1v) is 5.22. The number of aliphatic imine (C=N–C) groups is 1. The molecule has 1 aliphatic rings. The highest BCUT2D eigenvalue weighted by Crippen LogP contribution is 2.12. The molecule has 3 rings (SSSR count). The van der Waals surface area contributed by atoms with E-state index < -0.39 is 0 Å². The Morgan fingerprint density at radius 2 is 2.00 bits per heavy atom. The summed E-state index contributed by atoms with van der Waals surface area (Å²) in [6.45, 7) is 5.35. The van der Waals surface area contributed by atoms with Crippen molar-refractivity contribution in [1.82, 2.24) is 4.98 Å². The predicted octanol–water partition coefficient (Wildman–Crippen LogP) is 2.57. The van der Waals surface area contributed by atoms with Crippen LogP contribution in [0.2, 0.25) is 0 Å². The lowest BCUT2D eigenvalue weighted by atomic mass is 10.3. The number of nitrogens with zero attached hydrogens (tertiary/aromatic N) is 2. The highest BCUT2D eigenvalue weighted by molar-refractivity contribution is 5.74. The van der Waals surface area contributed by atoms with E-state index in [2.05, 4.69) is 9.98 Å². The lowest BCUT2D eigenvalue weighted by Crippen LogP contribution is -1.89. The van der Waals surface area contributed by atoms with Crippen LogP contribution in [0.5, 0.6) is 0 Å². The van der Waals surface area contributed by atoms with Gasteiger partial charge in [0.1, 0.15) is 12.1 Å². The Labute approximate surface area is 94.0 Å². The maximum atomic E-state index is 5.26. The average molecular weight is 218 g/mol. The van der Waals surface area contributed by atoms with Gasteiger partial charge in [0.2, 0.25) is 0 Å². The standard InChI is InChI=1S/C8H7NO.C4H7NO/c1-6-9-7-4-2-3-5-8(7)10-6;1-4-5-2-3-6-4/h2-5H,1H3;2-3H2,1H3. The lowest BCUT2D eigenvalue weighted by Gasteiger charge is -1.86. The highest BCUT2D eigenvalue weighted by atomic mass is 16.5. The largest absolute Gasteiger partial charge is 0.479 e. The van der Waals surface area contributed by atoms with Crippen molar-refractivity contribution < 1.29 is 9.15 Å². The molecule has 1 aromatic carbocycles. The number of benzene rings is 1. The van der Waals surface area contributed by atoms with Crippen molar-refractivity contribution in [3.8, 4) is 0 Å². The number of para-hydroxylation sites is 2. The smallest absolute Gasteiger partial charge is 0.192 e. The molecule has 0 fully saturated rings. The SMILES string of the molecule is CC1=NCCO1.Cc1nc2ccccc2o1. The molecule has 1 aliphatic heterocycles. The van der Waals surface area contributed by atoms with Crippen LogP contribution < -0.4 is 0 Å². The van der Waals surface area contributed by atoms with E-state index in [4.69, 9.17) is 9.15 Å². The van der Waals surface area contributed by atoms with Crippen LogP contribution in [-0.2, 0) is 4.74 Å². The minimum atomic E-state index is 0.723. The Morgan fingerprint density at radius 1 is 1.19 bits per heavy atom. The maximum absolute atomic E-state index is 5.26. The molecule has 16 heavy (non-hydrogen) atoms. The Kier molecular flexibility index (Phi) is 3.19. The van der Waals surface area contributed by atoms with E-state index in [1.807, 2.05) is 38.1 Å². The van der Waals surface area contributed by atoms with E-state index >= 15 is 0 Å². The molecule has 2 heterocycles. The second-order valence-electron chi connectivity index (χ2n) is 3.45. The van der Waals surface area contributed by atoms with Crippen molar-refractivity contribution in [3.63, 3.8) is 0 Å². The van der Waals surface area contributed by atoms with Gasteiger partial charge in [-0.3, -0.25) is 4.99 Å². The van der Waals surface area contributed by atoms with Crippen molar-refractivity contribution >= 4 is 17.0 Å². The third kappa shape index (κ3) is 2.59. The van der Waals surface area contributed by atoms with Crippen LogP contribution >= 0.6 is 0 Å². The maximum Gasteiger partial charge on any atom is 0.192 e. The fourth-order valence-electron chi connectivity index (χ4n) is 1.43. The Hall–Kier alpha value is -1.84. The van der Waals surface area contributed by atoms with Crippen molar-refractivity contribution in [2.24, 2.45) is 4.99 Å². The fourth-order valence-corrected chi connectivity index (χ4v) is 1.43. The van der Waals surface area contributed by atoms with E-state index in [1.54, 1.807) is 0 Å². The van der Waals surface area contributed by atoms with Gasteiger partial charge in [0.15, 0.2) is 17.4 Å². The summed E-state index contributed by atoms with van der Waals surface area (Å²) in [5.41, 5.74) is 1.79. The summed E-state index contributed by atoms with van der Waals surface area (Å²) in [6, 6.07) is 7.73. The van der Waals surface area contributed by atoms with Crippen molar-refractivity contribution in [2.75, 3.05) is 13.2 Å². The van der Waals surface area contributed by atoms with Crippen LogP contribution in [-0.4, -0.2) is 24.0 Å². The van der Waals surface area contributed by atoms with Gasteiger partial charge in [-0.05, 0) is 12.1 Å². The van der Waals surface area contributed by atoms with Gasteiger partial charge in [-0.1, -0.05) is 12.1 Å². The molecule has 0 atom stereocenters. The summed E-state index contributed by atoms with van der Waals surface area (Å²) in [5.74, 6) is 1.55. The van der Waals surface area contributed by atoms with Gasteiger partial charge < -0.3 is 9.15 Å². The fraction of sp³-hybridized carbons (Fsp3) is 0.333. The molecule has 84 valence electrons. The summed E-state index contributed by atoms with van der Waals surface area (Å²) in [5, 5.41) is 0. The zero-order valence-electron chi connectivity index (χ0n) is 9.43. The van der Waals surface area contributed by atoms with E-state index in [-0.39, 0.29) is 0 Å². The van der Waals surface area contributed by atoms with E-state index in [1.165, 1.54) is 0 Å². The molecule has 4 nitrogen and oxygen atoms in total. The normalized spacial score (nSPS) is 14.0. The highest BCUT2D eigenvalue weighted by Gasteiger charge is 1.97. The number of aromatic nitrogens is 1. The molecule has 0 spiro atoms. The van der Waals surface area contributed by atoms with E-state index in [0.717, 1.165) is 36.0 Å². The molecule has 0 radical (unpaired) electrons. The summed E-state index contributed by atoms with van der Waals surface area (Å²) >= 11 is 0. The van der Waals surface area contributed by atoms with E-state index in [9.17, 15) is 0 Å². The van der Waals surface area contributed by atoms with Crippen LogP contribution in [0.4, 0.5) is 0 Å². The number of rotatable bonds is 0. The number of aryl methyl sites for hydroxylation is 1. The quantitative estimate of drug-likeness (QED) is 0.682. The summed E-state index contributed by atoms with van der Waals surface area (Å²) in [4.78, 5) is 8.08. The van der Waals surface area contributed by atoms with Crippen LogP contribution in [0.25, 0.3) is 11.1 Å². The first kappa shape index (κ1) is 10.7. The van der Waals surface area contributed by atoms with Gasteiger partial charge in [0.25, 0.3) is 0 Å². The molecule has 0 N–H and O–H groups in total. The summed E-state index contributed by atoms with van der Waals surface area (Å²) < 4.78 is 10.2. The van der Waals surface area contributed by atoms with Crippen LogP contribution in [0.15, 0.2) is 33.7 Å². The Bertz CT molecular complexity index is 469. The number of ether oxygens (including phenoxy) is 1. The van der Waals surface area contributed by atoms with Gasteiger partial charge >= 0.3 is 0 Å². The van der Waals surface area contributed by atoms with Crippen LogP contribution in [0, 0.1) is 6.92 Å². The van der Waals surface area contributed by atoms with Gasteiger partial charge in [0.05, 0.1) is 6.54 Å². The van der Waals surface area contributed by atoms with Crippen molar-refractivity contribution in [1.29, 1.82) is 0 Å². The lowest BCUT2D eigenvalue weighted by molar-refractivity contribution is 0.345. The minimum Gasteiger partial charge on any atom is -0.479 e. The Morgan fingerprint density at radius 3 is 2.56 bits per heavy atom. The molecule has 2 aromatic rings. The van der Waals surface area contributed by atoms with Gasteiger partial charge in [0, 0.05) is 13.8 Å². The molecule has 0 saturated carbocycles. The number of hydrogen-bond donors (Lipinski definition) is 0. The molecule has 1 aromatic heterocycles. The monoisotopic (exact) mass is 218 g/mol. The number of oxazole rings is 1.